The average molecular weight is 241 g/mol. The molecule has 1 aromatic carbocycles. The standard InChI is InChI=1S/C13H21ClN2/c1-13(2,10-15)16(3)9-8-11-4-6-12(14)7-5-11/h4-7H,8-10,15H2,1-3H3. The first kappa shape index (κ1) is 13.5. The van der Waals surface area contributed by atoms with Crippen LogP contribution >= 0.6 is 11.6 Å². The van der Waals surface area contributed by atoms with E-state index in [1.165, 1.54) is 5.56 Å². The molecular formula is C13H21ClN2. The van der Waals surface area contributed by atoms with Gasteiger partial charge >= 0.3 is 0 Å². The van der Waals surface area contributed by atoms with Gasteiger partial charge in [0, 0.05) is 23.7 Å². The van der Waals surface area contributed by atoms with Gasteiger partial charge in [-0.15, -0.1) is 0 Å². The van der Waals surface area contributed by atoms with Gasteiger partial charge in [-0.1, -0.05) is 23.7 Å². The molecule has 2 nitrogen and oxygen atoms in total. The summed E-state index contributed by atoms with van der Waals surface area (Å²) in [4.78, 5) is 2.29. The first-order chi connectivity index (χ1) is 7.45. The Kier molecular flexibility index (Phi) is 4.78. The van der Waals surface area contributed by atoms with E-state index in [1.807, 2.05) is 12.1 Å². The van der Waals surface area contributed by atoms with Crippen molar-refractivity contribution in [3.8, 4) is 0 Å². The molecule has 3 heteroatoms. The number of hydrogen-bond acceptors (Lipinski definition) is 2. The highest BCUT2D eigenvalue weighted by molar-refractivity contribution is 6.30. The van der Waals surface area contributed by atoms with E-state index in [0.717, 1.165) is 18.0 Å². The summed E-state index contributed by atoms with van der Waals surface area (Å²) in [5.74, 6) is 0. The van der Waals surface area contributed by atoms with E-state index in [4.69, 9.17) is 17.3 Å². The van der Waals surface area contributed by atoms with Crippen LogP contribution in [0.2, 0.25) is 5.02 Å². The van der Waals surface area contributed by atoms with Crippen molar-refractivity contribution in [2.75, 3.05) is 20.1 Å². The highest BCUT2D eigenvalue weighted by Gasteiger charge is 2.20. The molecule has 0 radical (unpaired) electrons. The predicted molar refractivity (Wildman–Crippen MR) is 70.9 cm³/mol. The van der Waals surface area contributed by atoms with Crippen molar-refractivity contribution >= 4 is 11.6 Å². The van der Waals surface area contributed by atoms with E-state index >= 15 is 0 Å². The summed E-state index contributed by atoms with van der Waals surface area (Å²) in [6.45, 7) is 6.00. The Balaban J connectivity index is 2.49. The van der Waals surface area contributed by atoms with Crippen LogP contribution < -0.4 is 5.73 Å². The predicted octanol–water partition coefficient (Wildman–Crippen LogP) is 2.55. The second-order valence-corrected chi connectivity index (χ2v) is 5.25. The van der Waals surface area contributed by atoms with E-state index in [-0.39, 0.29) is 5.54 Å². The van der Waals surface area contributed by atoms with Crippen molar-refractivity contribution in [3.05, 3.63) is 34.9 Å². The molecular weight excluding hydrogens is 220 g/mol. The lowest BCUT2D eigenvalue weighted by molar-refractivity contribution is 0.166. The topological polar surface area (TPSA) is 29.3 Å². The third-order valence-corrected chi connectivity index (χ3v) is 3.43. The normalized spacial score (nSPS) is 12.1. The molecule has 0 saturated heterocycles. The average Bonchev–Trinajstić information content (AvgIpc) is 2.28. The van der Waals surface area contributed by atoms with Crippen LogP contribution in [0.25, 0.3) is 0 Å². The van der Waals surface area contributed by atoms with Gasteiger partial charge < -0.3 is 5.73 Å². The lowest BCUT2D eigenvalue weighted by Crippen LogP contribution is -2.47. The van der Waals surface area contributed by atoms with Crippen molar-refractivity contribution in [1.29, 1.82) is 0 Å². The minimum absolute atomic E-state index is 0.0619. The third-order valence-electron chi connectivity index (χ3n) is 3.18. The molecule has 0 aliphatic rings. The van der Waals surface area contributed by atoms with E-state index in [2.05, 4.69) is 37.9 Å². The van der Waals surface area contributed by atoms with Crippen molar-refractivity contribution in [1.82, 2.24) is 4.90 Å². The van der Waals surface area contributed by atoms with E-state index in [9.17, 15) is 0 Å². The number of nitrogens with zero attached hydrogens (tertiary/aromatic N) is 1. The Morgan fingerprint density at radius 1 is 1.25 bits per heavy atom. The molecule has 0 aliphatic heterocycles. The molecule has 16 heavy (non-hydrogen) atoms. The highest BCUT2D eigenvalue weighted by atomic mass is 35.5. The Bertz CT molecular complexity index is 319. The fourth-order valence-electron chi connectivity index (χ4n) is 1.41. The Labute approximate surface area is 103 Å². The summed E-state index contributed by atoms with van der Waals surface area (Å²) in [5, 5.41) is 0.791. The van der Waals surface area contributed by atoms with Crippen molar-refractivity contribution < 1.29 is 0 Å². The molecule has 1 aromatic rings. The molecule has 0 aliphatic carbocycles. The number of benzene rings is 1. The fourth-order valence-corrected chi connectivity index (χ4v) is 1.53. The van der Waals surface area contributed by atoms with Gasteiger partial charge in [-0.2, -0.15) is 0 Å². The van der Waals surface area contributed by atoms with Gasteiger partial charge in [-0.05, 0) is 45.0 Å². The van der Waals surface area contributed by atoms with Crippen LogP contribution in [0.4, 0.5) is 0 Å². The summed E-state index contributed by atoms with van der Waals surface area (Å²) in [7, 11) is 2.11. The van der Waals surface area contributed by atoms with Crippen molar-refractivity contribution in [2.24, 2.45) is 5.73 Å². The summed E-state index contributed by atoms with van der Waals surface area (Å²) >= 11 is 5.84. The molecule has 0 heterocycles. The maximum Gasteiger partial charge on any atom is 0.0406 e. The molecule has 0 spiro atoms. The van der Waals surface area contributed by atoms with Gasteiger partial charge in [0.15, 0.2) is 0 Å². The highest BCUT2D eigenvalue weighted by Crippen LogP contribution is 2.13. The van der Waals surface area contributed by atoms with Crippen LogP contribution in [-0.4, -0.2) is 30.6 Å². The number of likely N-dealkylation sites (N-methyl/N-ethyl adjacent to an activating group) is 1. The molecule has 0 unspecified atom stereocenters. The van der Waals surface area contributed by atoms with Gasteiger partial charge in [-0.25, -0.2) is 0 Å². The first-order valence-corrected chi connectivity index (χ1v) is 5.99. The fraction of sp³-hybridized carbons (Fsp3) is 0.538. The molecule has 0 amide bonds. The third kappa shape index (κ3) is 3.78. The van der Waals surface area contributed by atoms with Crippen molar-refractivity contribution in [2.45, 2.75) is 25.8 Å². The van der Waals surface area contributed by atoms with Gasteiger partial charge in [0.2, 0.25) is 0 Å². The number of rotatable bonds is 5. The summed E-state index contributed by atoms with van der Waals surface area (Å²) in [6.07, 6.45) is 1.02. The zero-order chi connectivity index (χ0) is 12.2. The summed E-state index contributed by atoms with van der Waals surface area (Å²) in [5.41, 5.74) is 7.11. The van der Waals surface area contributed by atoms with Crippen LogP contribution in [0.5, 0.6) is 0 Å². The van der Waals surface area contributed by atoms with Crippen LogP contribution in [0, 0.1) is 0 Å². The smallest absolute Gasteiger partial charge is 0.0406 e. The second kappa shape index (κ2) is 5.67. The maximum absolute atomic E-state index is 5.84. The van der Waals surface area contributed by atoms with Crippen LogP contribution in [0.1, 0.15) is 19.4 Å². The Morgan fingerprint density at radius 3 is 2.31 bits per heavy atom. The van der Waals surface area contributed by atoms with Gasteiger partial charge in [0.25, 0.3) is 0 Å². The van der Waals surface area contributed by atoms with Gasteiger partial charge in [0.05, 0.1) is 0 Å². The quantitative estimate of drug-likeness (QED) is 0.857. The van der Waals surface area contributed by atoms with E-state index < -0.39 is 0 Å². The first-order valence-electron chi connectivity index (χ1n) is 5.61. The lowest BCUT2D eigenvalue weighted by Gasteiger charge is -2.34. The van der Waals surface area contributed by atoms with Gasteiger partial charge in [-0.3, -0.25) is 4.90 Å². The SMILES string of the molecule is CN(CCc1ccc(Cl)cc1)C(C)(C)CN. The maximum atomic E-state index is 5.84. The number of hydrogen-bond donors (Lipinski definition) is 1. The monoisotopic (exact) mass is 240 g/mol. The number of nitrogens with two attached hydrogens (primary N) is 1. The molecule has 1 rings (SSSR count). The molecule has 0 atom stereocenters. The molecule has 2 N–H and O–H groups in total. The summed E-state index contributed by atoms with van der Waals surface area (Å²) in [6, 6.07) is 8.02. The van der Waals surface area contributed by atoms with E-state index in [1.54, 1.807) is 0 Å². The molecule has 0 bridgehead atoms. The van der Waals surface area contributed by atoms with Gasteiger partial charge in [0.1, 0.15) is 0 Å². The minimum Gasteiger partial charge on any atom is -0.329 e. The van der Waals surface area contributed by atoms with Crippen LogP contribution in [0.15, 0.2) is 24.3 Å². The zero-order valence-electron chi connectivity index (χ0n) is 10.3. The lowest BCUT2D eigenvalue weighted by atomic mass is 10.0. The molecule has 0 fully saturated rings. The number of halogens is 1. The molecule has 0 aromatic heterocycles. The zero-order valence-corrected chi connectivity index (χ0v) is 11.1. The van der Waals surface area contributed by atoms with Crippen molar-refractivity contribution in [3.63, 3.8) is 0 Å². The van der Waals surface area contributed by atoms with E-state index in [0.29, 0.717) is 6.54 Å². The molecule has 90 valence electrons. The van der Waals surface area contributed by atoms with Crippen LogP contribution in [-0.2, 0) is 6.42 Å². The Morgan fingerprint density at radius 2 is 1.81 bits per heavy atom. The largest absolute Gasteiger partial charge is 0.329 e. The Hall–Kier alpha value is -0.570. The van der Waals surface area contributed by atoms with Crippen LogP contribution in [0.3, 0.4) is 0 Å². The summed E-state index contributed by atoms with van der Waals surface area (Å²) < 4.78 is 0. The molecule has 0 saturated carbocycles. The minimum atomic E-state index is 0.0619. The second-order valence-electron chi connectivity index (χ2n) is 4.81.